The molecule has 4 nitrogen and oxygen atoms in total. The van der Waals surface area contributed by atoms with Crippen molar-refractivity contribution in [2.24, 2.45) is 11.8 Å². The first-order valence-electron chi connectivity index (χ1n) is 9.72. The molecule has 4 heteroatoms. The van der Waals surface area contributed by atoms with Gasteiger partial charge in [-0.25, -0.2) is 0 Å². The number of aromatic nitrogens is 1. The van der Waals surface area contributed by atoms with Gasteiger partial charge in [0.15, 0.2) is 0 Å². The summed E-state index contributed by atoms with van der Waals surface area (Å²) < 4.78 is 0. The molecule has 3 saturated heterocycles. The van der Waals surface area contributed by atoms with Gasteiger partial charge in [-0.2, -0.15) is 0 Å². The summed E-state index contributed by atoms with van der Waals surface area (Å²) in [6.45, 7) is 4.03. The lowest BCUT2D eigenvalue weighted by Gasteiger charge is -2.39. The second-order valence-electron chi connectivity index (χ2n) is 7.94. The molecular formula is C20H29N3O. The third-order valence-electron chi connectivity index (χ3n) is 6.14. The lowest BCUT2D eigenvalue weighted by atomic mass is 9.86. The predicted molar refractivity (Wildman–Crippen MR) is 94.3 cm³/mol. The van der Waals surface area contributed by atoms with E-state index in [9.17, 15) is 4.79 Å². The van der Waals surface area contributed by atoms with E-state index in [1.54, 1.807) is 0 Å². The van der Waals surface area contributed by atoms with Crippen LogP contribution >= 0.6 is 0 Å². The third-order valence-corrected chi connectivity index (χ3v) is 6.14. The van der Waals surface area contributed by atoms with Crippen LogP contribution in [0.5, 0.6) is 0 Å². The van der Waals surface area contributed by atoms with Crippen molar-refractivity contribution in [3.63, 3.8) is 0 Å². The van der Waals surface area contributed by atoms with Gasteiger partial charge in [0.1, 0.15) is 0 Å². The molecule has 1 aromatic rings. The highest BCUT2D eigenvalue weighted by molar-refractivity contribution is 5.79. The summed E-state index contributed by atoms with van der Waals surface area (Å²) in [5.74, 6) is 1.41. The lowest BCUT2D eigenvalue weighted by Crippen LogP contribution is -2.49. The van der Waals surface area contributed by atoms with Gasteiger partial charge in [0.2, 0.25) is 5.91 Å². The fourth-order valence-corrected chi connectivity index (χ4v) is 4.88. The maximum absolute atomic E-state index is 13.1. The first kappa shape index (κ1) is 16.1. The van der Waals surface area contributed by atoms with Crippen molar-refractivity contribution >= 4 is 5.91 Å². The molecular weight excluding hydrogens is 298 g/mol. The maximum atomic E-state index is 13.1. The first-order chi connectivity index (χ1) is 11.8. The Bertz CT molecular complexity index is 555. The van der Waals surface area contributed by atoms with E-state index >= 15 is 0 Å². The van der Waals surface area contributed by atoms with Gasteiger partial charge in [-0.3, -0.25) is 14.7 Å². The molecule has 2 atom stereocenters. The average Bonchev–Trinajstić information content (AvgIpc) is 2.93. The summed E-state index contributed by atoms with van der Waals surface area (Å²) in [4.78, 5) is 22.3. The molecule has 2 bridgehead atoms. The molecule has 1 saturated carbocycles. The normalized spacial score (nSPS) is 28.8. The highest BCUT2D eigenvalue weighted by Crippen LogP contribution is 2.32. The molecule has 0 aromatic carbocycles. The summed E-state index contributed by atoms with van der Waals surface area (Å²) in [6, 6.07) is 6.56. The Morgan fingerprint density at radius 3 is 2.71 bits per heavy atom. The molecule has 130 valence electrons. The molecule has 0 unspecified atom stereocenters. The van der Waals surface area contributed by atoms with Crippen LogP contribution in [0.2, 0.25) is 0 Å². The summed E-state index contributed by atoms with van der Waals surface area (Å²) in [5.41, 5.74) is 1.14. The van der Waals surface area contributed by atoms with E-state index in [0.717, 1.165) is 44.7 Å². The van der Waals surface area contributed by atoms with Gasteiger partial charge in [-0.15, -0.1) is 0 Å². The molecule has 1 aromatic heterocycles. The highest BCUT2D eigenvalue weighted by Gasteiger charge is 2.39. The summed E-state index contributed by atoms with van der Waals surface area (Å²) in [5, 5.41) is 0. The van der Waals surface area contributed by atoms with Gasteiger partial charge >= 0.3 is 0 Å². The summed E-state index contributed by atoms with van der Waals surface area (Å²) in [6.07, 6.45) is 10.4. The van der Waals surface area contributed by atoms with Gasteiger partial charge in [-0.1, -0.05) is 25.3 Å². The Labute approximate surface area is 145 Å². The van der Waals surface area contributed by atoms with E-state index < -0.39 is 0 Å². The Kier molecular flexibility index (Phi) is 4.83. The highest BCUT2D eigenvalue weighted by atomic mass is 16.2. The number of piperidine rings is 1. The van der Waals surface area contributed by atoms with E-state index in [4.69, 9.17) is 0 Å². The van der Waals surface area contributed by atoms with Gasteiger partial charge in [0.25, 0.3) is 0 Å². The minimum atomic E-state index is 0.308. The number of rotatable bonds is 3. The van der Waals surface area contributed by atoms with E-state index in [1.807, 2.05) is 12.3 Å². The average molecular weight is 327 g/mol. The van der Waals surface area contributed by atoms with Crippen molar-refractivity contribution in [2.75, 3.05) is 19.6 Å². The van der Waals surface area contributed by atoms with Crippen LogP contribution in [0.3, 0.4) is 0 Å². The van der Waals surface area contributed by atoms with Crippen LogP contribution < -0.4 is 0 Å². The van der Waals surface area contributed by atoms with E-state index in [0.29, 0.717) is 23.8 Å². The number of fused-ring (bicyclic) bond motifs is 4. The van der Waals surface area contributed by atoms with Crippen molar-refractivity contribution in [1.82, 2.24) is 14.8 Å². The molecule has 0 radical (unpaired) electrons. The number of carbonyl (C=O) groups is 1. The second kappa shape index (κ2) is 7.22. The topological polar surface area (TPSA) is 36.4 Å². The quantitative estimate of drug-likeness (QED) is 0.856. The number of amides is 1. The Balaban J connectivity index is 1.43. The SMILES string of the molecule is O=C(C1CCCCC1)N1C[C@@H]2CC[C@H]1CN(Cc1ccccn1)C2. The number of pyridine rings is 1. The maximum Gasteiger partial charge on any atom is 0.225 e. The molecule has 4 fully saturated rings. The van der Waals surface area contributed by atoms with Gasteiger partial charge in [-0.05, 0) is 43.7 Å². The molecule has 5 rings (SSSR count). The second-order valence-corrected chi connectivity index (χ2v) is 7.94. The fraction of sp³-hybridized carbons (Fsp3) is 0.700. The van der Waals surface area contributed by atoms with E-state index in [2.05, 4.69) is 26.9 Å². The number of hydrogen-bond donors (Lipinski definition) is 0. The Hall–Kier alpha value is -1.42. The molecule has 0 spiro atoms. The van der Waals surface area contributed by atoms with Crippen LogP contribution in [-0.4, -0.2) is 46.4 Å². The zero-order valence-corrected chi connectivity index (χ0v) is 14.6. The summed E-state index contributed by atoms with van der Waals surface area (Å²) in [7, 11) is 0. The zero-order valence-electron chi connectivity index (χ0n) is 14.6. The van der Waals surface area contributed by atoms with E-state index in [1.165, 1.54) is 32.1 Å². The largest absolute Gasteiger partial charge is 0.338 e. The molecule has 24 heavy (non-hydrogen) atoms. The van der Waals surface area contributed by atoms with Crippen molar-refractivity contribution in [3.05, 3.63) is 30.1 Å². The van der Waals surface area contributed by atoms with Crippen LogP contribution in [0, 0.1) is 11.8 Å². The minimum Gasteiger partial charge on any atom is -0.338 e. The minimum absolute atomic E-state index is 0.308. The molecule has 3 aliphatic heterocycles. The molecule has 4 aliphatic rings. The Morgan fingerprint density at radius 1 is 1.04 bits per heavy atom. The molecule has 0 N–H and O–H groups in total. The summed E-state index contributed by atoms with van der Waals surface area (Å²) >= 11 is 0. The first-order valence-corrected chi connectivity index (χ1v) is 9.72. The molecule has 1 aliphatic carbocycles. The smallest absolute Gasteiger partial charge is 0.225 e. The number of carbonyl (C=O) groups excluding carboxylic acids is 1. The lowest BCUT2D eigenvalue weighted by molar-refractivity contribution is -0.140. The third kappa shape index (κ3) is 3.49. The van der Waals surface area contributed by atoms with Gasteiger partial charge in [0, 0.05) is 44.3 Å². The van der Waals surface area contributed by atoms with Crippen LogP contribution in [0.15, 0.2) is 24.4 Å². The molecule has 1 amide bonds. The van der Waals surface area contributed by atoms with Crippen molar-refractivity contribution in [1.29, 1.82) is 0 Å². The van der Waals surface area contributed by atoms with Gasteiger partial charge in [0.05, 0.1) is 5.69 Å². The molecule has 4 heterocycles. The van der Waals surface area contributed by atoms with Crippen molar-refractivity contribution < 1.29 is 4.79 Å². The monoisotopic (exact) mass is 327 g/mol. The van der Waals surface area contributed by atoms with Crippen molar-refractivity contribution in [3.8, 4) is 0 Å². The van der Waals surface area contributed by atoms with Gasteiger partial charge < -0.3 is 4.90 Å². The zero-order chi connectivity index (χ0) is 16.4. The standard InChI is InChI=1S/C20H29N3O/c24-20(17-6-2-1-3-7-17)23-13-16-9-10-19(23)15-22(12-16)14-18-8-4-5-11-21-18/h4-5,8,11,16-17,19H,1-3,6-7,9-10,12-15H2/t16-,19+/m1/s1. The number of hydrogen-bond acceptors (Lipinski definition) is 3. The van der Waals surface area contributed by atoms with E-state index in [-0.39, 0.29) is 0 Å². The predicted octanol–water partition coefficient (Wildman–Crippen LogP) is 3.08. The van der Waals surface area contributed by atoms with Crippen molar-refractivity contribution in [2.45, 2.75) is 57.5 Å². The van der Waals surface area contributed by atoms with Crippen LogP contribution in [0.4, 0.5) is 0 Å². The Morgan fingerprint density at radius 2 is 1.92 bits per heavy atom. The fourth-order valence-electron chi connectivity index (χ4n) is 4.88. The van der Waals surface area contributed by atoms with Crippen LogP contribution in [-0.2, 0) is 11.3 Å². The van der Waals surface area contributed by atoms with Crippen LogP contribution in [0.1, 0.15) is 50.6 Å². The van der Waals surface area contributed by atoms with Crippen LogP contribution in [0.25, 0.3) is 0 Å². The number of nitrogens with zero attached hydrogens (tertiary/aromatic N) is 3.